The smallest absolute Gasteiger partial charge is 0.407 e. The van der Waals surface area contributed by atoms with Crippen molar-refractivity contribution in [2.24, 2.45) is 5.41 Å². The number of alkyl carbamates (subject to hydrolysis) is 1. The molecular formula is C28H37N3O10. The van der Waals surface area contributed by atoms with E-state index in [1.54, 1.807) is 26.0 Å². The molecule has 0 unspecified atom stereocenters. The number of unbranched alkanes of at least 4 members (excludes halogenated alkanes) is 1. The third kappa shape index (κ3) is 7.83. The number of benzene rings is 1. The highest BCUT2D eigenvalue weighted by atomic mass is 16.5. The minimum Gasteiger partial charge on any atom is -0.481 e. The van der Waals surface area contributed by atoms with Gasteiger partial charge in [-0.25, -0.2) is 14.4 Å². The molecule has 2 atom stereocenters. The Morgan fingerprint density at radius 1 is 0.902 bits per heavy atom. The van der Waals surface area contributed by atoms with E-state index >= 15 is 0 Å². The number of hydrogen-bond donors (Lipinski definition) is 4. The molecule has 13 heteroatoms. The van der Waals surface area contributed by atoms with Crippen molar-refractivity contribution in [3.05, 3.63) is 48.3 Å². The van der Waals surface area contributed by atoms with Crippen LogP contribution in [0.1, 0.15) is 64.4 Å². The highest BCUT2D eigenvalue weighted by molar-refractivity contribution is 6.10. The van der Waals surface area contributed by atoms with Crippen molar-refractivity contribution < 1.29 is 48.8 Å². The number of amides is 3. The van der Waals surface area contributed by atoms with Gasteiger partial charge in [0.2, 0.25) is 11.8 Å². The molecule has 1 fully saturated rings. The summed E-state index contributed by atoms with van der Waals surface area (Å²) in [6.07, 6.45) is -1.25. The predicted octanol–water partition coefficient (Wildman–Crippen LogP) is 2.80. The summed E-state index contributed by atoms with van der Waals surface area (Å²) in [5, 5.41) is 31.6. The molecule has 0 saturated carbocycles. The Morgan fingerprint density at radius 2 is 1.44 bits per heavy atom. The summed E-state index contributed by atoms with van der Waals surface area (Å²) in [5.41, 5.74) is -0.926. The lowest BCUT2D eigenvalue weighted by atomic mass is 9.76. The second-order valence-corrected chi connectivity index (χ2v) is 9.68. The standard InChI is InChI=1S/C28H37N3O10/c1-4-28(5-2)25(38)30(18(3)31(26(28)39)21(24(36)37)14-15-22(32)33)20(23(34)35)13-9-10-16-29-27(40)41-17-19-11-7-6-8-12-19/h6-8,11-12,20-21H,3-5,9-10,13-17H2,1-2H3,(H,29,40)(H,32,33)(H,34,35)(H,36,37)/t20-,21-/m0/s1. The normalized spacial score (nSPS) is 16.2. The van der Waals surface area contributed by atoms with E-state index in [-0.39, 0.29) is 38.8 Å². The van der Waals surface area contributed by atoms with Gasteiger partial charge in [0.25, 0.3) is 0 Å². The lowest BCUT2D eigenvalue weighted by molar-refractivity contribution is -0.175. The first-order valence-corrected chi connectivity index (χ1v) is 13.4. The first-order chi connectivity index (χ1) is 19.4. The zero-order valence-corrected chi connectivity index (χ0v) is 23.2. The molecule has 3 amide bonds. The monoisotopic (exact) mass is 575 g/mol. The van der Waals surface area contributed by atoms with Crippen molar-refractivity contribution >= 4 is 35.8 Å². The van der Waals surface area contributed by atoms with Crippen molar-refractivity contribution in [3.8, 4) is 0 Å². The number of carbonyl (C=O) groups excluding carboxylic acids is 3. The van der Waals surface area contributed by atoms with E-state index in [1.165, 1.54) is 0 Å². The van der Waals surface area contributed by atoms with E-state index in [0.717, 1.165) is 15.4 Å². The Hall–Kier alpha value is -4.42. The van der Waals surface area contributed by atoms with Gasteiger partial charge in [0.1, 0.15) is 29.9 Å². The van der Waals surface area contributed by atoms with E-state index in [4.69, 9.17) is 9.84 Å². The maximum Gasteiger partial charge on any atom is 0.407 e. The number of nitrogens with zero attached hydrogens (tertiary/aromatic N) is 2. The van der Waals surface area contributed by atoms with Crippen LogP contribution in [0.25, 0.3) is 0 Å². The Bertz CT molecular complexity index is 1150. The van der Waals surface area contributed by atoms with Crippen molar-refractivity contribution in [3.63, 3.8) is 0 Å². The quantitative estimate of drug-likeness (QED) is 0.168. The van der Waals surface area contributed by atoms with Crippen molar-refractivity contribution in [1.29, 1.82) is 0 Å². The molecule has 0 radical (unpaired) electrons. The third-order valence-corrected chi connectivity index (χ3v) is 7.23. The summed E-state index contributed by atoms with van der Waals surface area (Å²) in [4.78, 5) is 76.5. The first-order valence-electron chi connectivity index (χ1n) is 13.4. The fourth-order valence-electron chi connectivity index (χ4n) is 4.81. The molecule has 0 aromatic heterocycles. The van der Waals surface area contributed by atoms with Gasteiger partial charge in [-0.15, -0.1) is 0 Å². The number of carbonyl (C=O) groups is 6. The Balaban J connectivity index is 2.16. The predicted molar refractivity (Wildman–Crippen MR) is 144 cm³/mol. The van der Waals surface area contributed by atoms with Gasteiger partial charge in [0, 0.05) is 13.0 Å². The Labute approximate surface area is 237 Å². The molecule has 1 aromatic carbocycles. The number of ether oxygens (including phenoxy) is 1. The number of carboxylic acids is 3. The number of nitrogens with one attached hydrogen (secondary N) is 1. The molecule has 0 spiro atoms. The topological polar surface area (TPSA) is 191 Å². The summed E-state index contributed by atoms with van der Waals surface area (Å²) in [6, 6.07) is 5.93. The van der Waals surface area contributed by atoms with Crippen molar-refractivity contribution in [2.45, 2.75) is 77.5 Å². The molecule has 1 heterocycles. The number of carboxylic acid groups (broad SMARTS) is 3. The largest absolute Gasteiger partial charge is 0.481 e. The minimum absolute atomic E-state index is 0.0337. The van der Waals surface area contributed by atoms with Gasteiger partial charge >= 0.3 is 24.0 Å². The van der Waals surface area contributed by atoms with Crippen LogP contribution in [0.5, 0.6) is 0 Å². The van der Waals surface area contributed by atoms with Crippen LogP contribution in [0, 0.1) is 5.41 Å². The zero-order valence-electron chi connectivity index (χ0n) is 23.2. The summed E-state index contributed by atoms with van der Waals surface area (Å²) < 4.78 is 5.13. The summed E-state index contributed by atoms with van der Waals surface area (Å²) in [6.45, 7) is 7.11. The van der Waals surface area contributed by atoms with Gasteiger partial charge in [-0.3, -0.25) is 24.2 Å². The van der Waals surface area contributed by atoms with Crippen LogP contribution in [-0.2, 0) is 35.3 Å². The first kappa shape index (κ1) is 32.8. The van der Waals surface area contributed by atoms with E-state index in [1.807, 2.05) is 18.2 Å². The highest BCUT2D eigenvalue weighted by Crippen LogP contribution is 2.41. The molecule has 1 aromatic rings. The molecule has 0 bridgehead atoms. The highest BCUT2D eigenvalue weighted by Gasteiger charge is 2.57. The lowest BCUT2D eigenvalue weighted by Gasteiger charge is -2.49. The molecule has 1 aliphatic rings. The molecule has 1 aliphatic heterocycles. The SMILES string of the molecule is C=C1N([C@@H](CCCCNC(=O)OCc2ccccc2)C(=O)O)C(=O)C(CC)(CC)C(=O)N1[C@@H](CCC(=O)O)C(=O)O. The molecular weight excluding hydrogens is 538 g/mol. The molecule has 2 rings (SSSR count). The summed E-state index contributed by atoms with van der Waals surface area (Å²) >= 11 is 0. The summed E-state index contributed by atoms with van der Waals surface area (Å²) in [7, 11) is 0. The van der Waals surface area contributed by atoms with E-state index in [2.05, 4.69) is 11.9 Å². The second-order valence-electron chi connectivity index (χ2n) is 9.68. The van der Waals surface area contributed by atoms with Gasteiger partial charge < -0.3 is 25.4 Å². The van der Waals surface area contributed by atoms with Crippen LogP contribution >= 0.6 is 0 Å². The van der Waals surface area contributed by atoms with E-state index in [9.17, 15) is 39.0 Å². The number of rotatable bonds is 16. The fraction of sp³-hybridized carbons (Fsp3) is 0.500. The van der Waals surface area contributed by atoms with Gasteiger partial charge in [-0.05, 0) is 44.1 Å². The van der Waals surface area contributed by atoms with Crippen LogP contribution < -0.4 is 5.32 Å². The van der Waals surface area contributed by atoms with Gasteiger partial charge in [0.05, 0.1) is 0 Å². The maximum absolute atomic E-state index is 13.7. The second kappa shape index (κ2) is 14.8. The summed E-state index contributed by atoms with van der Waals surface area (Å²) in [5.74, 6) is -6.25. The van der Waals surface area contributed by atoms with Crippen molar-refractivity contribution in [2.75, 3.05) is 6.54 Å². The molecule has 41 heavy (non-hydrogen) atoms. The van der Waals surface area contributed by atoms with Crippen molar-refractivity contribution in [1.82, 2.24) is 15.1 Å². The van der Waals surface area contributed by atoms with Gasteiger partial charge in [0.15, 0.2) is 0 Å². The third-order valence-electron chi connectivity index (χ3n) is 7.23. The van der Waals surface area contributed by atoms with E-state index < -0.39 is 72.0 Å². The number of hydrogen-bond acceptors (Lipinski definition) is 7. The maximum atomic E-state index is 13.7. The molecule has 224 valence electrons. The fourth-order valence-corrected chi connectivity index (χ4v) is 4.81. The number of aliphatic carboxylic acids is 3. The van der Waals surface area contributed by atoms with Gasteiger partial charge in [-0.1, -0.05) is 50.8 Å². The molecule has 1 saturated heterocycles. The average Bonchev–Trinajstić information content (AvgIpc) is 2.93. The van der Waals surface area contributed by atoms with Crippen LogP contribution in [0.15, 0.2) is 42.7 Å². The molecule has 4 N–H and O–H groups in total. The van der Waals surface area contributed by atoms with E-state index in [0.29, 0.717) is 6.42 Å². The Morgan fingerprint density at radius 3 is 1.93 bits per heavy atom. The van der Waals surface area contributed by atoms with Crippen LogP contribution in [0.2, 0.25) is 0 Å². The average molecular weight is 576 g/mol. The van der Waals surface area contributed by atoms with Crippen LogP contribution in [-0.4, -0.2) is 79.6 Å². The lowest BCUT2D eigenvalue weighted by Crippen LogP contribution is -2.66. The molecule has 0 aliphatic carbocycles. The zero-order chi connectivity index (χ0) is 30.7. The van der Waals surface area contributed by atoms with Crippen LogP contribution in [0.4, 0.5) is 4.79 Å². The minimum atomic E-state index is -1.74. The van der Waals surface area contributed by atoms with Crippen LogP contribution in [0.3, 0.4) is 0 Å². The Kier molecular flexibility index (Phi) is 11.9. The molecule has 13 nitrogen and oxygen atoms in total. The van der Waals surface area contributed by atoms with Gasteiger partial charge in [-0.2, -0.15) is 0 Å².